The average Bonchev–Trinajstić information content (AvgIpc) is 2.77. The molecule has 0 heterocycles. The van der Waals surface area contributed by atoms with Crippen molar-refractivity contribution in [3.05, 3.63) is 58.6 Å². The lowest BCUT2D eigenvalue weighted by atomic mass is 10.1. The molecule has 1 unspecified atom stereocenters. The van der Waals surface area contributed by atoms with Gasteiger partial charge in [-0.2, -0.15) is 0 Å². The highest BCUT2D eigenvalue weighted by Crippen LogP contribution is 2.30. The number of nitrogens with zero attached hydrogens (tertiary/aromatic N) is 2. The number of nitrogens with one attached hydrogen (secondary N) is 1. The van der Waals surface area contributed by atoms with Crippen LogP contribution in [0.4, 0.5) is 5.69 Å². The van der Waals surface area contributed by atoms with E-state index in [2.05, 4.69) is 5.32 Å². The number of carbonyl (C=O) groups excluding carboxylic acids is 2. The van der Waals surface area contributed by atoms with Crippen LogP contribution < -0.4 is 14.4 Å². The summed E-state index contributed by atoms with van der Waals surface area (Å²) in [6.07, 6.45) is 1.38. The van der Waals surface area contributed by atoms with Crippen LogP contribution >= 0.6 is 11.6 Å². The van der Waals surface area contributed by atoms with Gasteiger partial charge < -0.3 is 15.0 Å². The quantitative estimate of drug-likeness (QED) is 0.484. The smallest absolute Gasteiger partial charge is 0.244 e. The second-order valence-electron chi connectivity index (χ2n) is 8.68. The number of benzene rings is 2. The minimum atomic E-state index is -3.85. The van der Waals surface area contributed by atoms with Gasteiger partial charge in [0.1, 0.15) is 18.3 Å². The number of anilines is 1. The number of rotatable bonds is 11. The van der Waals surface area contributed by atoms with Gasteiger partial charge in [-0.1, -0.05) is 48.4 Å². The molecule has 0 spiro atoms. The molecule has 0 saturated carbocycles. The standard InChI is InChI=1S/C25H34ClN3O5S/c1-7-22(25(31)27-17(2)3)28(15-19-10-8-18(4)9-11-19)24(30)16-29(35(6,32)33)20-12-13-23(34-5)21(26)14-20/h8-14,17,22H,7,15-16H2,1-6H3,(H,27,31). The molecule has 0 aliphatic heterocycles. The Labute approximate surface area is 213 Å². The molecule has 8 nitrogen and oxygen atoms in total. The molecule has 0 bridgehead atoms. The summed E-state index contributed by atoms with van der Waals surface area (Å²) in [5.41, 5.74) is 2.12. The first-order valence-corrected chi connectivity index (χ1v) is 13.6. The molecule has 1 N–H and O–H groups in total. The lowest BCUT2D eigenvalue weighted by Crippen LogP contribution is -2.53. The maximum absolute atomic E-state index is 13.6. The molecule has 0 aliphatic rings. The summed E-state index contributed by atoms with van der Waals surface area (Å²) in [6, 6.07) is 11.2. The molecule has 0 radical (unpaired) electrons. The Morgan fingerprint density at radius 1 is 1.11 bits per heavy atom. The van der Waals surface area contributed by atoms with E-state index in [-0.39, 0.29) is 29.2 Å². The van der Waals surface area contributed by atoms with E-state index >= 15 is 0 Å². The topological polar surface area (TPSA) is 96.0 Å². The highest BCUT2D eigenvalue weighted by molar-refractivity contribution is 7.92. The minimum Gasteiger partial charge on any atom is -0.495 e. The lowest BCUT2D eigenvalue weighted by molar-refractivity contribution is -0.140. The first-order valence-electron chi connectivity index (χ1n) is 11.3. The van der Waals surface area contributed by atoms with Crippen molar-refractivity contribution in [2.75, 3.05) is 24.2 Å². The molecule has 2 aromatic carbocycles. The van der Waals surface area contributed by atoms with Crippen LogP contribution in [0.2, 0.25) is 5.02 Å². The molecule has 0 fully saturated rings. The summed E-state index contributed by atoms with van der Waals surface area (Å²) in [6.45, 7) is 7.13. The second kappa shape index (κ2) is 12.3. The summed E-state index contributed by atoms with van der Waals surface area (Å²) < 4.78 is 31.5. The van der Waals surface area contributed by atoms with Crippen LogP contribution in [0.1, 0.15) is 38.3 Å². The molecule has 1 atom stereocenters. The zero-order chi connectivity index (χ0) is 26.3. The monoisotopic (exact) mass is 523 g/mol. The average molecular weight is 524 g/mol. The van der Waals surface area contributed by atoms with E-state index in [9.17, 15) is 18.0 Å². The van der Waals surface area contributed by atoms with Gasteiger partial charge in [0.15, 0.2) is 0 Å². The number of hydrogen-bond acceptors (Lipinski definition) is 5. The Hall–Kier alpha value is -2.78. The van der Waals surface area contributed by atoms with E-state index in [1.54, 1.807) is 0 Å². The highest BCUT2D eigenvalue weighted by atomic mass is 35.5. The Kier molecular flexibility index (Phi) is 9.97. The van der Waals surface area contributed by atoms with Crippen LogP contribution in [0.5, 0.6) is 5.75 Å². The van der Waals surface area contributed by atoms with Crippen molar-refractivity contribution in [1.82, 2.24) is 10.2 Å². The zero-order valence-corrected chi connectivity index (χ0v) is 22.6. The van der Waals surface area contributed by atoms with E-state index in [0.29, 0.717) is 12.2 Å². The number of amides is 2. The summed E-state index contributed by atoms with van der Waals surface area (Å²) >= 11 is 6.21. The number of halogens is 1. The highest BCUT2D eigenvalue weighted by Gasteiger charge is 2.32. The maximum atomic E-state index is 13.6. The summed E-state index contributed by atoms with van der Waals surface area (Å²) in [7, 11) is -2.39. The van der Waals surface area contributed by atoms with Crippen LogP contribution in [-0.4, -0.2) is 57.1 Å². The van der Waals surface area contributed by atoms with Crippen LogP contribution in [0.25, 0.3) is 0 Å². The van der Waals surface area contributed by atoms with Gasteiger partial charge in [-0.3, -0.25) is 13.9 Å². The molecule has 2 rings (SSSR count). The van der Waals surface area contributed by atoms with Gasteiger partial charge in [0.2, 0.25) is 21.8 Å². The van der Waals surface area contributed by atoms with E-state index in [0.717, 1.165) is 21.7 Å². The van der Waals surface area contributed by atoms with Crippen molar-refractivity contribution < 1.29 is 22.7 Å². The van der Waals surface area contributed by atoms with Crippen molar-refractivity contribution in [2.45, 2.75) is 52.7 Å². The fraction of sp³-hybridized carbons (Fsp3) is 0.440. The Morgan fingerprint density at radius 2 is 1.74 bits per heavy atom. The number of hydrogen-bond donors (Lipinski definition) is 1. The van der Waals surface area contributed by atoms with Crippen molar-refractivity contribution in [2.24, 2.45) is 0 Å². The lowest BCUT2D eigenvalue weighted by Gasteiger charge is -2.33. The van der Waals surface area contributed by atoms with E-state index in [1.165, 1.54) is 30.2 Å². The summed E-state index contributed by atoms with van der Waals surface area (Å²) in [5.74, 6) is -0.414. The number of methoxy groups -OCH3 is 1. The first kappa shape index (κ1) is 28.5. The fourth-order valence-electron chi connectivity index (χ4n) is 3.61. The van der Waals surface area contributed by atoms with Gasteiger partial charge in [0, 0.05) is 12.6 Å². The van der Waals surface area contributed by atoms with Crippen molar-refractivity contribution >= 4 is 39.1 Å². The normalized spacial score (nSPS) is 12.2. The molecule has 0 aliphatic carbocycles. The molecular formula is C25H34ClN3O5S. The van der Waals surface area contributed by atoms with Crippen LogP contribution in [0.3, 0.4) is 0 Å². The number of carbonyl (C=O) groups is 2. The van der Waals surface area contributed by atoms with Gasteiger partial charge in [-0.05, 0) is 51.0 Å². The third kappa shape index (κ3) is 7.86. The number of sulfonamides is 1. The molecular weight excluding hydrogens is 490 g/mol. The molecule has 35 heavy (non-hydrogen) atoms. The Balaban J connectivity index is 2.45. The molecule has 0 saturated heterocycles. The third-order valence-corrected chi connectivity index (χ3v) is 6.83. The largest absolute Gasteiger partial charge is 0.495 e. The SMILES string of the molecule is CCC(C(=O)NC(C)C)N(Cc1ccc(C)cc1)C(=O)CN(c1ccc(OC)c(Cl)c1)S(C)(=O)=O. The number of ether oxygens (including phenoxy) is 1. The van der Waals surface area contributed by atoms with Crippen LogP contribution in [0, 0.1) is 6.92 Å². The Bertz CT molecular complexity index is 1140. The van der Waals surface area contributed by atoms with Crippen LogP contribution in [0.15, 0.2) is 42.5 Å². The van der Waals surface area contributed by atoms with E-state index in [1.807, 2.05) is 52.0 Å². The summed E-state index contributed by atoms with van der Waals surface area (Å²) in [4.78, 5) is 28.0. The first-order chi connectivity index (χ1) is 16.4. The predicted octanol–water partition coefficient (Wildman–Crippen LogP) is 3.76. The predicted molar refractivity (Wildman–Crippen MR) is 139 cm³/mol. The van der Waals surface area contributed by atoms with Gasteiger partial charge >= 0.3 is 0 Å². The van der Waals surface area contributed by atoms with Gasteiger partial charge in [-0.15, -0.1) is 0 Å². The third-order valence-electron chi connectivity index (χ3n) is 5.39. The van der Waals surface area contributed by atoms with E-state index in [4.69, 9.17) is 16.3 Å². The molecule has 10 heteroatoms. The van der Waals surface area contributed by atoms with E-state index < -0.39 is 28.5 Å². The second-order valence-corrected chi connectivity index (χ2v) is 11.0. The van der Waals surface area contributed by atoms with Crippen molar-refractivity contribution in [3.8, 4) is 5.75 Å². The molecule has 2 aromatic rings. The zero-order valence-electron chi connectivity index (χ0n) is 21.0. The van der Waals surface area contributed by atoms with Gasteiger partial charge in [0.05, 0.1) is 24.1 Å². The molecule has 2 amide bonds. The molecule has 192 valence electrons. The number of aryl methyl sites for hydroxylation is 1. The minimum absolute atomic E-state index is 0.109. The fourth-order valence-corrected chi connectivity index (χ4v) is 4.71. The van der Waals surface area contributed by atoms with Crippen molar-refractivity contribution in [3.63, 3.8) is 0 Å². The van der Waals surface area contributed by atoms with Gasteiger partial charge in [0.25, 0.3) is 0 Å². The van der Waals surface area contributed by atoms with Crippen molar-refractivity contribution in [1.29, 1.82) is 0 Å². The van der Waals surface area contributed by atoms with Gasteiger partial charge in [-0.25, -0.2) is 8.42 Å². The Morgan fingerprint density at radius 3 is 2.23 bits per heavy atom. The molecule has 0 aromatic heterocycles. The van der Waals surface area contributed by atoms with Crippen LogP contribution in [-0.2, 0) is 26.2 Å². The summed E-state index contributed by atoms with van der Waals surface area (Å²) in [5, 5.41) is 3.08. The maximum Gasteiger partial charge on any atom is 0.244 e.